The molecule has 1 atom stereocenters. The molecule has 1 amide bonds. The molecule has 1 aliphatic heterocycles. The van der Waals surface area contributed by atoms with Crippen LogP contribution >= 0.6 is 11.6 Å². The lowest BCUT2D eigenvalue weighted by atomic mass is 9.91. The van der Waals surface area contributed by atoms with Crippen molar-refractivity contribution in [3.8, 4) is 5.75 Å². The number of carbonyl (C=O) groups excluding carboxylic acids is 1. The van der Waals surface area contributed by atoms with Crippen LogP contribution in [0.25, 0.3) is 0 Å². The number of rotatable bonds is 6. The van der Waals surface area contributed by atoms with Crippen LogP contribution in [0.5, 0.6) is 5.75 Å². The first-order valence-corrected chi connectivity index (χ1v) is 13.3. The highest BCUT2D eigenvalue weighted by atomic mass is 35.5. The lowest BCUT2D eigenvalue weighted by molar-refractivity contribution is -0.133. The van der Waals surface area contributed by atoms with E-state index in [1.165, 1.54) is 10.4 Å². The standard InChI is InChI=1S/C24H30ClN3O4S/c1-17-22(25)5-2-6-23(17)33(30,31)28(24(29)18-4-3-13-27-16-18)19-7-9-20(10-8-19)32-21-11-14-26-15-12-21/h2,5-6,11-12,14-15,18-20,27H,3-4,7-10,13,16H2,1H3/t18-,19?,20?/m0/s1. The van der Waals surface area contributed by atoms with E-state index in [0.717, 1.165) is 18.7 Å². The van der Waals surface area contributed by atoms with Gasteiger partial charge in [0, 0.05) is 30.0 Å². The van der Waals surface area contributed by atoms with E-state index in [-0.39, 0.29) is 22.8 Å². The van der Waals surface area contributed by atoms with Crippen molar-refractivity contribution in [1.29, 1.82) is 0 Å². The molecule has 1 saturated carbocycles. The molecule has 33 heavy (non-hydrogen) atoms. The molecule has 4 rings (SSSR count). The van der Waals surface area contributed by atoms with Crippen LogP contribution in [0.15, 0.2) is 47.6 Å². The molecular weight excluding hydrogens is 462 g/mol. The number of nitrogens with one attached hydrogen (secondary N) is 1. The van der Waals surface area contributed by atoms with Gasteiger partial charge < -0.3 is 10.1 Å². The zero-order valence-electron chi connectivity index (χ0n) is 18.7. The minimum Gasteiger partial charge on any atom is -0.490 e. The topological polar surface area (TPSA) is 88.6 Å². The van der Waals surface area contributed by atoms with E-state index in [4.69, 9.17) is 16.3 Å². The number of hydrogen-bond acceptors (Lipinski definition) is 6. The van der Waals surface area contributed by atoms with Crippen LogP contribution in [0, 0.1) is 12.8 Å². The third kappa shape index (κ3) is 5.34. The van der Waals surface area contributed by atoms with Crippen LogP contribution in [0.1, 0.15) is 44.1 Å². The molecule has 0 spiro atoms. The van der Waals surface area contributed by atoms with E-state index < -0.39 is 16.1 Å². The monoisotopic (exact) mass is 491 g/mol. The van der Waals surface area contributed by atoms with Crippen molar-refractivity contribution in [1.82, 2.24) is 14.6 Å². The van der Waals surface area contributed by atoms with Gasteiger partial charge in [-0.15, -0.1) is 0 Å². The molecule has 2 aliphatic rings. The maximum atomic E-state index is 13.8. The molecule has 2 aromatic rings. The maximum Gasteiger partial charge on any atom is 0.267 e. The molecule has 178 valence electrons. The van der Waals surface area contributed by atoms with Gasteiger partial charge in [-0.3, -0.25) is 9.78 Å². The molecule has 0 radical (unpaired) electrons. The third-order valence-electron chi connectivity index (χ3n) is 6.55. The number of benzene rings is 1. The number of hydrogen-bond donors (Lipinski definition) is 1. The summed E-state index contributed by atoms with van der Waals surface area (Å²) >= 11 is 6.24. The van der Waals surface area contributed by atoms with Gasteiger partial charge in [-0.25, -0.2) is 12.7 Å². The summed E-state index contributed by atoms with van der Waals surface area (Å²) < 4.78 is 34.9. The van der Waals surface area contributed by atoms with E-state index >= 15 is 0 Å². The molecule has 7 nitrogen and oxygen atoms in total. The van der Waals surface area contributed by atoms with Gasteiger partial charge in [0.1, 0.15) is 5.75 Å². The Bertz CT molecular complexity index is 1070. The molecule has 1 aromatic heterocycles. The average Bonchev–Trinajstić information content (AvgIpc) is 2.83. The minimum absolute atomic E-state index is 0.0208. The fourth-order valence-corrected chi connectivity index (χ4v) is 6.90. The Morgan fingerprint density at radius 2 is 1.85 bits per heavy atom. The summed E-state index contributed by atoms with van der Waals surface area (Å²) in [6.07, 6.45) is 7.33. The minimum atomic E-state index is -4.06. The predicted molar refractivity (Wildman–Crippen MR) is 127 cm³/mol. The number of pyridine rings is 1. The molecule has 0 bridgehead atoms. The summed E-state index contributed by atoms with van der Waals surface area (Å²) in [5.41, 5.74) is 0.466. The third-order valence-corrected chi connectivity index (χ3v) is 8.95. The van der Waals surface area contributed by atoms with Crippen LogP contribution in [-0.2, 0) is 14.8 Å². The molecule has 1 saturated heterocycles. The van der Waals surface area contributed by atoms with Crippen molar-refractivity contribution < 1.29 is 17.9 Å². The molecule has 0 unspecified atom stereocenters. The second kappa shape index (κ2) is 10.4. The van der Waals surface area contributed by atoms with Crippen molar-refractivity contribution >= 4 is 27.5 Å². The highest BCUT2D eigenvalue weighted by molar-refractivity contribution is 7.89. The van der Waals surface area contributed by atoms with E-state index in [2.05, 4.69) is 10.3 Å². The molecule has 1 aliphatic carbocycles. The number of aromatic nitrogens is 1. The fraction of sp³-hybridized carbons (Fsp3) is 0.500. The quantitative estimate of drug-likeness (QED) is 0.658. The Morgan fingerprint density at radius 3 is 2.52 bits per heavy atom. The van der Waals surface area contributed by atoms with Crippen molar-refractivity contribution in [2.45, 2.75) is 62.5 Å². The number of halogens is 1. The normalized spacial score (nSPS) is 23.6. The molecule has 9 heteroatoms. The SMILES string of the molecule is Cc1c(Cl)cccc1S(=O)(=O)N(C(=O)[C@H]1CCCNC1)C1CCC(Oc2ccncc2)CC1. The van der Waals surface area contributed by atoms with Crippen LogP contribution in [-0.4, -0.2) is 48.8 Å². The Hall–Kier alpha value is -2.16. The zero-order chi connectivity index (χ0) is 23.4. The van der Waals surface area contributed by atoms with Crippen LogP contribution < -0.4 is 10.1 Å². The number of sulfonamides is 1. The average molecular weight is 492 g/mol. The van der Waals surface area contributed by atoms with Crippen LogP contribution in [0.2, 0.25) is 5.02 Å². The molecule has 2 fully saturated rings. The highest BCUT2D eigenvalue weighted by Crippen LogP contribution is 2.34. The summed E-state index contributed by atoms with van der Waals surface area (Å²) in [5.74, 6) is 0.0794. The van der Waals surface area contributed by atoms with Gasteiger partial charge >= 0.3 is 0 Å². The van der Waals surface area contributed by atoms with Crippen molar-refractivity contribution in [2.75, 3.05) is 13.1 Å². The second-order valence-corrected chi connectivity index (χ2v) is 11.0. The Labute approximate surface area is 200 Å². The molecular formula is C24H30ClN3O4S. The van der Waals surface area contributed by atoms with E-state index in [0.29, 0.717) is 49.2 Å². The number of amides is 1. The first-order chi connectivity index (χ1) is 15.9. The van der Waals surface area contributed by atoms with Crippen molar-refractivity contribution in [2.24, 2.45) is 5.92 Å². The van der Waals surface area contributed by atoms with E-state index in [1.54, 1.807) is 31.5 Å². The summed E-state index contributed by atoms with van der Waals surface area (Å²) in [4.78, 5) is 17.7. The van der Waals surface area contributed by atoms with Crippen LogP contribution in [0.4, 0.5) is 0 Å². The fourth-order valence-electron chi connectivity index (χ4n) is 4.72. The lowest BCUT2D eigenvalue weighted by Crippen LogP contribution is -2.51. The van der Waals surface area contributed by atoms with Crippen molar-refractivity contribution in [3.05, 3.63) is 53.3 Å². The van der Waals surface area contributed by atoms with Gasteiger partial charge in [-0.2, -0.15) is 0 Å². The summed E-state index contributed by atoms with van der Waals surface area (Å²) in [7, 11) is -4.06. The summed E-state index contributed by atoms with van der Waals surface area (Å²) in [6.45, 7) is 3.03. The Balaban J connectivity index is 1.58. The maximum absolute atomic E-state index is 13.8. The zero-order valence-corrected chi connectivity index (χ0v) is 20.3. The molecule has 2 heterocycles. The number of piperidine rings is 1. The van der Waals surface area contributed by atoms with Gasteiger partial charge in [-0.1, -0.05) is 17.7 Å². The first kappa shape index (κ1) is 24.0. The Kier molecular flexibility index (Phi) is 7.56. The van der Waals surface area contributed by atoms with Crippen LogP contribution in [0.3, 0.4) is 0 Å². The van der Waals surface area contributed by atoms with Gasteiger partial charge in [0.15, 0.2) is 0 Å². The molecule has 1 aromatic carbocycles. The Morgan fingerprint density at radius 1 is 1.12 bits per heavy atom. The van der Waals surface area contributed by atoms with E-state index in [9.17, 15) is 13.2 Å². The van der Waals surface area contributed by atoms with Gasteiger partial charge in [0.2, 0.25) is 5.91 Å². The van der Waals surface area contributed by atoms with Gasteiger partial charge in [0.25, 0.3) is 10.0 Å². The number of carbonyl (C=O) groups is 1. The molecule has 1 N–H and O–H groups in total. The summed E-state index contributed by atoms with van der Waals surface area (Å²) in [6, 6.07) is 8.03. The highest BCUT2D eigenvalue weighted by Gasteiger charge is 2.41. The van der Waals surface area contributed by atoms with Crippen molar-refractivity contribution in [3.63, 3.8) is 0 Å². The van der Waals surface area contributed by atoms with Gasteiger partial charge in [0.05, 0.1) is 16.9 Å². The summed E-state index contributed by atoms with van der Waals surface area (Å²) in [5, 5.41) is 3.60. The number of ether oxygens (including phenoxy) is 1. The van der Waals surface area contributed by atoms with E-state index in [1.807, 2.05) is 12.1 Å². The predicted octanol–water partition coefficient (Wildman–Crippen LogP) is 3.95. The first-order valence-electron chi connectivity index (χ1n) is 11.5. The lowest BCUT2D eigenvalue weighted by Gasteiger charge is -2.38. The van der Waals surface area contributed by atoms with Gasteiger partial charge in [-0.05, 0) is 81.8 Å². The second-order valence-electron chi connectivity index (χ2n) is 8.78. The number of nitrogens with zero attached hydrogens (tertiary/aromatic N) is 2. The smallest absolute Gasteiger partial charge is 0.267 e. The largest absolute Gasteiger partial charge is 0.490 e.